The quantitative estimate of drug-likeness (QED) is 0.671. The first-order valence-electron chi connectivity index (χ1n) is 6.37. The molecule has 5 heteroatoms. The molecule has 1 rings (SSSR count). The topological polar surface area (TPSA) is 69.6 Å². The molecule has 0 aliphatic heterocycles. The van der Waals surface area contributed by atoms with Crippen molar-refractivity contribution in [3.63, 3.8) is 0 Å². The van der Waals surface area contributed by atoms with Crippen molar-refractivity contribution in [3.05, 3.63) is 23.8 Å². The molecule has 0 spiro atoms. The second kappa shape index (κ2) is 7.40. The number of hydrogen-bond donors (Lipinski definition) is 3. The summed E-state index contributed by atoms with van der Waals surface area (Å²) >= 11 is 1.52. The van der Waals surface area contributed by atoms with E-state index < -0.39 is 5.97 Å². The molecule has 0 radical (unpaired) electrons. The first-order chi connectivity index (χ1) is 9.01. The summed E-state index contributed by atoms with van der Waals surface area (Å²) in [5.41, 5.74) is 0.921. The number of carboxylic acid groups (broad SMARTS) is 1. The normalized spacial score (nSPS) is 13.9. The minimum absolute atomic E-state index is 0.00461. The summed E-state index contributed by atoms with van der Waals surface area (Å²) in [4.78, 5) is 12.2. The highest BCUT2D eigenvalue weighted by molar-refractivity contribution is 7.99. The van der Waals surface area contributed by atoms with Gasteiger partial charge in [-0.2, -0.15) is 0 Å². The Hall–Kier alpha value is -1.20. The van der Waals surface area contributed by atoms with Gasteiger partial charge in [-0.1, -0.05) is 19.9 Å². The van der Waals surface area contributed by atoms with E-state index in [2.05, 4.69) is 5.32 Å². The van der Waals surface area contributed by atoms with Crippen molar-refractivity contribution in [1.82, 2.24) is 0 Å². The van der Waals surface area contributed by atoms with Gasteiger partial charge in [-0.15, -0.1) is 11.8 Å². The van der Waals surface area contributed by atoms with Gasteiger partial charge in [0.2, 0.25) is 0 Å². The van der Waals surface area contributed by atoms with E-state index in [4.69, 9.17) is 5.11 Å². The van der Waals surface area contributed by atoms with Crippen molar-refractivity contribution < 1.29 is 15.0 Å². The average molecular weight is 283 g/mol. The summed E-state index contributed by atoms with van der Waals surface area (Å²) in [7, 11) is 0. The summed E-state index contributed by atoms with van der Waals surface area (Å²) in [6.07, 6.45) is 0. The van der Waals surface area contributed by atoms with Crippen LogP contribution in [0, 0.1) is 5.92 Å². The highest BCUT2D eigenvalue weighted by atomic mass is 32.2. The number of carbonyl (C=O) groups is 1. The van der Waals surface area contributed by atoms with E-state index in [1.807, 2.05) is 32.9 Å². The Morgan fingerprint density at radius 3 is 2.63 bits per heavy atom. The summed E-state index contributed by atoms with van der Waals surface area (Å²) in [5.74, 6) is -0.0428. The Morgan fingerprint density at radius 1 is 1.42 bits per heavy atom. The van der Waals surface area contributed by atoms with Crippen LogP contribution in [-0.2, 0) is 0 Å². The molecule has 4 nitrogen and oxygen atoms in total. The summed E-state index contributed by atoms with van der Waals surface area (Å²) in [5, 5.41) is 21.7. The van der Waals surface area contributed by atoms with E-state index >= 15 is 0 Å². The predicted molar refractivity (Wildman–Crippen MR) is 79.1 cm³/mol. The molecule has 0 heterocycles. The summed E-state index contributed by atoms with van der Waals surface area (Å²) in [6.45, 7) is 5.92. The smallest absolute Gasteiger partial charge is 0.338 e. The number of aliphatic hydroxyl groups excluding tert-OH is 1. The number of benzene rings is 1. The molecule has 1 aromatic rings. The minimum atomic E-state index is -0.928. The number of hydrogen-bond acceptors (Lipinski definition) is 4. The highest BCUT2D eigenvalue weighted by Crippen LogP contribution is 2.29. The second-order valence-corrected chi connectivity index (χ2v) is 5.82. The van der Waals surface area contributed by atoms with Gasteiger partial charge in [0.15, 0.2) is 0 Å². The third-order valence-electron chi connectivity index (χ3n) is 3.06. The monoisotopic (exact) mass is 283 g/mol. The second-order valence-electron chi connectivity index (χ2n) is 4.51. The van der Waals surface area contributed by atoms with E-state index in [1.54, 1.807) is 6.07 Å². The van der Waals surface area contributed by atoms with E-state index in [0.29, 0.717) is 11.3 Å². The fourth-order valence-corrected chi connectivity index (χ4v) is 2.52. The molecule has 106 valence electrons. The zero-order chi connectivity index (χ0) is 14.4. The number of rotatable bonds is 7. The lowest BCUT2D eigenvalue weighted by Gasteiger charge is -2.22. The Kier molecular flexibility index (Phi) is 6.18. The Morgan fingerprint density at radius 2 is 2.11 bits per heavy atom. The fourth-order valence-electron chi connectivity index (χ4n) is 1.69. The van der Waals surface area contributed by atoms with Gasteiger partial charge >= 0.3 is 5.97 Å². The number of aromatic carboxylic acids is 1. The molecule has 3 N–H and O–H groups in total. The number of anilines is 1. The molecule has 0 fully saturated rings. The standard InChI is InChI=1S/C14H21NO3S/c1-4-19-12-7-5-6-11(13(12)14(17)18)15-10(3)9(2)8-16/h5-7,9-10,15-16H,4,8H2,1-3H3,(H,17,18). The van der Waals surface area contributed by atoms with Crippen molar-refractivity contribution >= 4 is 23.4 Å². The van der Waals surface area contributed by atoms with Gasteiger partial charge in [-0.25, -0.2) is 4.79 Å². The molecule has 0 amide bonds. The van der Waals surface area contributed by atoms with E-state index in [9.17, 15) is 9.90 Å². The minimum Gasteiger partial charge on any atom is -0.478 e. The SMILES string of the molecule is CCSc1cccc(NC(C)C(C)CO)c1C(=O)O. The maximum Gasteiger partial charge on any atom is 0.338 e. The molecular formula is C14H21NO3S. The largest absolute Gasteiger partial charge is 0.478 e. The molecule has 0 bridgehead atoms. The van der Waals surface area contributed by atoms with Crippen LogP contribution in [0.25, 0.3) is 0 Å². The van der Waals surface area contributed by atoms with Crippen LogP contribution in [0.2, 0.25) is 0 Å². The van der Waals surface area contributed by atoms with Gasteiger partial charge in [0, 0.05) is 17.5 Å². The van der Waals surface area contributed by atoms with Gasteiger partial charge < -0.3 is 15.5 Å². The molecular weight excluding hydrogens is 262 g/mol. The van der Waals surface area contributed by atoms with Crippen LogP contribution in [0.5, 0.6) is 0 Å². The molecule has 2 unspecified atom stereocenters. The van der Waals surface area contributed by atoms with Crippen LogP contribution < -0.4 is 5.32 Å². The lowest BCUT2D eigenvalue weighted by molar-refractivity contribution is 0.0694. The zero-order valence-electron chi connectivity index (χ0n) is 11.5. The predicted octanol–water partition coefficient (Wildman–Crippen LogP) is 2.93. The average Bonchev–Trinajstić information content (AvgIpc) is 2.37. The third-order valence-corrected chi connectivity index (χ3v) is 4.00. The molecule has 19 heavy (non-hydrogen) atoms. The third kappa shape index (κ3) is 4.14. The zero-order valence-corrected chi connectivity index (χ0v) is 12.3. The first-order valence-corrected chi connectivity index (χ1v) is 7.36. The van der Waals surface area contributed by atoms with E-state index in [1.165, 1.54) is 11.8 Å². The Balaban J connectivity index is 3.06. The number of nitrogens with one attached hydrogen (secondary N) is 1. The number of thioether (sulfide) groups is 1. The lowest BCUT2D eigenvalue weighted by Crippen LogP contribution is -2.27. The van der Waals surface area contributed by atoms with Gasteiger partial charge in [-0.05, 0) is 30.7 Å². The van der Waals surface area contributed by atoms with Crippen molar-refractivity contribution in [2.24, 2.45) is 5.92 Å². The highest BCUT2D eigenvalue weighted by Gasteiger charge is 2.18. The molecule has 1 aromatic carbocycles. The van der Waals surface area contributed by atoms with Crippen LogP contribution in [0.1, 0.15) is 31.1 Å². The van der Waals surface area contributed by atoms with Gasteiger partial charge in [-0.3, -0.25) is 0 Å². The van der Waals surface area contributed by atoms with E-state index in [0.717, 1.165) is 10.6 Å². The van der Waals surface area contributed by atoms with Gasteiger partial charge in [0.25, 0.3) is 0 Å². The van der Waals surface area contributed by atoms with Crippen molar-refractivity contribution in [2.75, 3.05) is 17.7 Å². The maximum atomic E-state index is 11.4. The molecule has 0 aromatic heterocycles. The van der Waals surface area contributed by atoms with Crippen LogP contribution >= 0.6 is 11.8 Å². The van der Waals surface area contributed by atoms with Crippen molar-refractivity contribution in [2.45, 2.75) is 31.7 Å². The molecule has 0 aliphatic carbocycles. The molecule has 0 saturated carbocycles. The van der Waals surface area contributed by atoms with Crippen LogP contribution in [0.4, 0.5) is 5.69 Å². The molecule has 2 atom stereocenters. The number of carboxylic acids is 1. The van der Waals surface area contributed by atoms with Crippen LogP contribution in [0.3, 0.4) is 0 Å². The Labute approximate surface area is 118 Å². The summed E-state index contributed by atoms with van der Waals surface area (Å²) < 4.78 is 0. The van der Waals surface area contributed by atoms with Crippen molar-refractivity contribution in [1.29, 1.82) is 0 Å². The van der Waals surface area contributed by atoms with Crippen molar-refractivity contribution in [3.8, 4) is 0 Å². The van der Waals surface area contributed by atoms with Gasteiger partial charge in [0.1, 0.15) is 0 Å². The van der Waals surface area contributed by atoms with E-state index in [-0.39, 0.29) is 18.6 Å². The first kappa shape index (κ1) is 15.9. The van der Waals surface area contributed by atoms with Crippen LogP contribution in [-0.4, -0.2) is 34.6 Å². The molecule has 0 saturated heterocycles. The Bertz CT molecular complexity index is 437. The van der Waals surface area contributed by atoms with Gasteiger partial charge in [0.05, 0.1) is 11.3 Å². The summed E-state index contributed by atoms with van der Waals surface area (Å²) in [6, 6.07) is 5.44. The maximum absolute atomic E-state index is 11.4. The fraction of sp³-hybridized carbons (Fsp3) is 0.500. The molecule has 0 aliphatic rings. The number of aliphatic hydroxyl groups is 1. The lowest BCUT2D eigenvalue weighted by atomic mass is 10.0. The van der Waals surface area contributed by atoms with Crippen LogP contribution in [0.15, 0.2) is 23.1 Å².